The van der Waals surface area contributed by atoms with Gasteiger partial charge in [-0.15, -0.1) is 0 Å². The topological polar surface area (TPSA) is 55.6 Å². The zero-order chi connectivity index (χ0) is 13.0. The number of ether oxygens (including phenoxy) is 1. The smallest absolute Gasteiger partial charge is 0.239 e. The van der Waals surface area contributed by atoms with Crippen molar-refractivity contribution in [3.63, 3.8) is 0 Å². The number of rotatable bonds is 4. The summed E-state index contributed by atoms with van der Waals surface area (Å²) < 4.78 is 5.59. The monoisotopic (exact) mass is 242 g/mol. The Kier molecular flexibility index (Phi) is 5.40. The first-order valence-electron chi connectivity index (χ1n) is 6.63. The Labute approximate surface area is 104 Å². The quantitative estimate of drug-likeness (QED) is 0.810. The van der Waals surface area contributed by atoms with E-state index in [9.17, 15) is 4.79 Å². The highest BCUT2D eigenvalue weighted by atomic mass is 16.5. The van der Waals surface area contributed by atoms with Crippen molar-refractivity contribution < 1.29 is 9.53 Å². The lowest BCUT2D eigenvalue weighted by Crippen LogP contribution is -2.56. The van der Waals surface area contributed by atoms with Crippen LogP contribution < -0.4 is 5.73 Å². The highest BCUT2D eigenvalue weighted by molar-refractivity contribution is 5.82. The lowest BCUT2D eigenvalue weighted by molar-refractivity contribution is -0.146. The Morgan fingerprint density at radius 3 is 2.71 bits per heavy atom. The SMILES string of the molecule is CCC1COC(C)CN1C(=O)[C@@H](N)CC(C)C. The van der Waals surface area contributed by atoms with Gasteiger partial charge in [-0.05, 0) is 25.7 Å². The van der Waals surface area contributed by atoms with Crippen molar-refractivity contribution in [2.45, 2.75) is 58.7 Å². The lowest BCUT2D eigenvalue weighted by Gasteiger charge is -2.39. The van der Waals surface area contributed by atoms with Gasteiger partial charge in [-0.3, -0.25) is 4.79 Å². The summed E-state index contributed by atoms with van der Waals surface area (Å²) in [6.45, 7) is 9.57. The first kappa shape index (κ1) is 14.5. The molecule has 3 atom stereocenters. The van der Waals surface area contributed by atoms with Crippen molar-refractivity contribution in [1.29, 1.82) is 0 Å². The molecule has 2 N–H and O–H groups in total. The Hall–Kier alpha value is -0.610. The van der Waals surface area contributed by atoms with Crippen LogP contribution in [0, 0.1) is 5.92 Å². The molecule has 0 aromatic carbocycles. The van der Waals surface area contributed by atoms with Gasteiger partial charge in [-0.1, -0.05) is 20.8 Å². The zero-order valence-electron chi connectivity index (χ0n) is 11.5. The largest absolute Gasteiger partial charge is 0.375 e. The van der Waals surface area contributed by atoms with E-state index >= 15 is 0 Å². The van der Waals surface area contributed by atoms with E-state index < -0.39 is 0 Å². The molecule has 0 aromatic rings. The normalized spacial score (nSPS) is 27.3. The predicted molar refractivity (Wildman–Crippen MR) is 68.6 cm³/mol. The number of carbonyl (C=O) groups excluding carboxylic acids is 1. The van der Waals surface area contributed by atoms with Gasteiger partial charge < -0.3 is 15.4 Å². The highest BCUT2D eigenvalue weighted by Crippen LogP contribution is 2.17. The Morgan fingerprint density at radius 1 is 1.53 bits per heavy atom. The minimum absolute atomic E-state index is 0.0840. The van der Waals surface area contributed by atoms with Gasteiger partial charge in [-0.2, -0.15) is 0 Å². The second-order valence-corrected chi connectivity index (χ2v) is 5.43. The van der Waals surface area contributed by atoms with Gasteiger partial charge in [0.25, 0.3) is 0 Å². The number of hydrogen-bond acceptors (Lipinski definition) is 3. The van der Waals surface area contributed by atoms with Crippen LogP contribution in [0.15, 0.2) is 0 Å². The molecule has 1 aliphatic heterocycles. The third kappa shape index (κ3) is 3.96. The van der Waals surface area contributed by atoms with Gasteiger partial charge in [0, 0.05) is 6.54 Å². The van der Waals surface area contributed by atoms with Crippen molar-refractivity contribution in [2.75, 3.05) is 13.2 Å². The number of morpholine rings is 1. The van der Waals surface area contributed by atoms with Crippen molar-refractivity contribution in [3.8, 4) is 0 Å². The standard InChI is InChI=1S/C13H26N2O2/c1-5-11-8-17-10(4)7-15(11)13(16)12(14)6-9(2)3/h9-12H,5-8,14H2,1-4H3/t10?,11?,12-/m0/s1. The fraction of sp³-hybridized carbons (Fsp3) is 0.923. The summed E-state index contributed by atoms with van der Waals surface area (Å²) in [7, 11) is 0. The van der Waals surface area contributed by atoms with Crippen LogP contribution in [-0.4, -0.2) is 42.1 Å². The summed E-state index contributed by atoms with van der Waals surface area (Å²) in [5, 5.41) is 0. The molecule has 1 amide bonds. The summed E-state index contributed by atoms with van der Waals surface area (Å²) in [5.41, 5.74) is 5.98. The first-order valence-corrected chi connectivity index (χ1v) is 6.63. The molecule has 4 nitrogen and oxygen atoms in total. The third-order valence-corrected chi connectivity index (χ3v) is 3.26. The Morgan fingerprint density at radius 2 is 2.18 bits per heavy atom. The molecule has 0 radical (unpaired) electrons. The predicted octanol–water partition coefficient (Wildman–Crippen LogP) is 1.39. The van der Waals surface area contributed by atoms with Crippen LogP contribution in [0.1, 0.15) is 40.5 Å². The molecule has 100 valence electrons. The van der Waals surface area contributed by atoms with Crippen molar-refractivity contribution >= 4 is 5.91 Å². The van der Waals surface area contributed by atoms with Crippen LogP contribution in [0.5, 0.6) is 0 Å². The summed E-state index contributed by atoms with van der Waals surface area (Å²) in [4.78, 5) is 14.2. The molecule has 1 aliphatic rings. The van der Waals surface area contributed by atoms with Crippen molar-refractivity contribution in [3.05, 3.63) is 0 Å². The van der Waals surface area contributed by atoms with Crippen LogP contribution >= 0.6 is 0 Å². The second kappa shape index (κ2) is 6.36. The minimum Gasteiger partial charge on any atom is -0.375 e. The van der Waals surface area contributed by atoms with Crippen LogP contribution in [0.25, 0.3) is 0 Å². The van der Waals surface area contributed by atoms with E-state index in [1.54, 1.807) is 0 Å². The molecule has 1 rings (SSSR count). The van der Waals surface area contributed by atoms with Crippen LogP contribution in [-0.2, 0) is 9.53 Å². The number of carbonyl (C=O) groups is 1. The second-order valence-electron chi connectivity index (χ2n) is 5.43. The third-order valence-electron chi connectivity index (χ3n) is 3.26. The highest BCUT2D eigenvalue weighted by Gasteiger charge is 2.32. The van der Waals surface area contributed by atoms with Crippen LogP contribution in [0.3, 0.4) is 0 Å². The molecule has 0 aliphatic carbocycles. The number of hydrogen-bond donors (Lipinski definition) is 1. The Balaban J connectivity index is 2.63. The lowest BCUT2D eigenvalue weighted by atomic mass is 10.0. The average molecular weight is 242 g/mol. The number of nitrogens with two attached hydrogens (primary N) is 1. The van der Waals surface area contributed by atoms with Gasteiger partial charge in [0.2, 0.25) is 5.91 Å². The zero-order valence-corrected chi connectivity index (χ0v) is 11.5. The number of nitrogens with zero attached hydrogens (tertiary/aromatic N) is 1. The molecule has 0 bridgehead atoms. The molecule has 1 heterocycles. The molecule has 1 saturated heterocycles. The maximum Gasteiger partial charge on any atom is 0.239 e. The summed E-state index contributed by atoms with van der Waals surface area (Å²) in [6, 6.07) is -0.175. The van der Waals surface area contributed by atoms with E-state index in [0.29, 0.717) is 19.1 Å². The van der Waals surface area contributed by atoms with E-state index in [-0.39, 0.29) is 24.1 Å². The van der Waals surface area contributed by atoms with E-state index in [4.69, 9.17) is 10.5 Å². The maximum atomic E-state index is 12.3. The molecule has 1 fully saturated rings. The van der Waals surface area contributed by atoms with Gasteiger partial charge in [-0.25, -0.2) is 0 Å². The molecule has 0 aromatic heterocycles. The molecule has 0 saturated carbocycles. The number of amides is 1. The maximum absolute atomic E-state index is 12.3. The van der Waals surface area contributed by atoms with Gasteiger partial charge in [0.1, 0.15) is 0 Å². The van der Waals surface area contributed by atoms with Crippen LogP contribution in [0.2, 0.25) is 0 Å². The summed E-state index contributed by atoms with van der Waals surface area (Å²) in [6.07, 6.45) is 1.79. The molecular weight excluding hydrogens is 216 g/mol. The molecule has 0 spiro atoms. The summed E-state index contributed by atoms with van der Waals surface area (Å²) >= 11 is 0. The fourth-order valence-corrected chi connectivity index (χ4v) is 2.27. The van der Waals surface area contributed by atoms with Gasteiger partial charge in [0.15, 0.2) is 0 Å². The molecule has 17 heavy (non-hydrogen) atoms. The molecular formula is C13H26N2O2. The molecule has 4 heteroatoms. The van der Waals surface area contributed by atoms with Crippen molar-refractivity contribution in [1.82, 2.24) is 4.90 Å². The van der Waals surface area contributed by atoms with Crippen LogP contribution in [0.4, 0.5) is 0 Å². The summed E-state index contributed by atoms with van der Waals surface area (Å²) in [5.74, 6) is 0.535. The first-order chi connectivity index (χ1) is 7.95. The Bertz CT molecular complexity index is 256. The van der Waals surface area contributed by atoms with Gasteiger partial charge in [0.05, 0.1) is 24.8 Å². The van der Waals surface area contributed by atoms with E-state index in [2.05, 4.69) is 20.8 Å². The minimum atomic E-state index is -0.366. The average Bonchev–Trinajstić information content (AvgIpc) is 2.27. The van der Waals surface area contributed by atoms with E-state index in [0.717, 1.165) is 12.8 Å². The molecule has 2 unspecified atom stereocenters. The van der Waals surface area contributed by atoms with E-state index in [1.807, 2.05) is 11.8 Å². The van der Waals surface area contributed by atoms with E-state index in [1.165, 1.54) is 0 Å². The van der Waals surface area contributed by atoms with Crippen molar-refractivity contribution in [2.24, 2.45) is 11.7 Å². The fourth-order valence-electron chi connectivity index (χ4n) is 2.27. The van der Waals surface area contributed by atoms with Gasteiger partial charge >= 0.3 is 0 Å².